The lowest BCUT2D eigenvalue weighted by Gasteiger charge is -2.16. The zero-order chi connectivity index (χ0) is 43.4. The van der Waals surface area contributed by atoms with Crippen molar-refractivity contribution < 1.29 is 79.2 Å². The molecule has 0 bridgehead atoms. The second kappa shape index (κ2) is 23.0. The molecule has 0 aliphatic carbocycles. The molecule has 1 heterocycles. The molecule has 0 saturated heterocycles. The highest BCUT2D eigenvalue weighted by molar-refractivity contribution is 6.09. The second-order valence-corrected chi connectivity index (χ2v) is 9.51. The summed E-state index contributed by atoms with van der Waals surface area (Å²) >= 11 is 0. The smallest absolute Gasteiger partial charge is 0.104 e. The fraction of sp³-hybridized carbons (Fsp3) is 0.158. The molecule has 0 saturated carbocycles. The topological polar surface area (TPSA) is 347 Å². The van der Waals surface area contributed by atoms with E-state index in [1.165, 1.54) is 36.4 Å². The molecule has 0 fully saturated rings. The van der Waals surface area contributed by atoms with Crippen LogP contribution >= 0.6 is 0 Å². The standard InChI is InChI=1S/C14H8O8.C12H8O4.C6H4N2O4.3C2H6/c15-11(16)7-1-5-2-9(13(19)20)10(14(21)22)4-6(5)3-8(7)12(17)18;13-11(14)9-3-1-7-5-10(12(15)16)4-2-8(7)6-9;9-5(10)3-1-7-4(2-8-3)6(11)12;3*1-2/h1-4H,(H,15,16)(H,17,18)(H,19,20)(H,21,22);1-6H,(H,13,14)(H,15,16);1-2H,(H,9,10)(H,11,12);3*1-2H3/p-8. The number of carbonyl (C=O) groups excluding carboxylic acids is 8. The quantitative estimate of drug-likeness (QED) is 0.146. The molecule has 0 amide bonds. The first-order valence-electron chi connectivity index (χ1n) is 16.1. The molecule has 0 N–H and O–H groups in total. The van der Waals surface area contributed by atoms with E-state index in [9.17, 15) is 79.2 Å². The predicted octanol–water partition coefficient (Wildman–Crippen LogP) is -3.86. The molecular formula is C38H30N2O16-8. The summed E-state index contributed by atoms with van der Waals surface area (Å²) in [6, 6.07) is 12.1. The molecule has 18 heteroatoms. The van der Waals surface area contributed by atoms with Crippen molar-refractivity contribution in [3.63, 3.8) is 0 Å². The number of nitrogens with zero attached hydrogens (tertiary/aromatic N) is 2. The van der Waals surface area contributed by atoms with Gasteiger partial charge < -0.3 is 79.2 Å². The molecule has 0 unspecified atom stereocenters. The predicted molar refractivity (Wildman–Crippen MR) is 179 cm³/mol. The summed E-state index contributed by atoms with van der Waals surface area (Å²) in [6.07, 6.45) is 1.58. The van der Waals surface area contributed by atoms with Crippen LogP contribution in [0.3, 0.4) is 0 Å². The Morgan fingerprint density at radius 3 is 0.768 bits per heavy atom. The second-order valence-electron chi connectivity index (χ2n) is 9.51. The number of carbonyl (C=O) groups is 8. The van der Waals surface area contributed by atoms with Gasteiger partial charge in [-0.15, -0.1) is 0 Å². The van der Waals surface area contributed by atoms with E-state index in [2.05, 4.69) is 9.97 Å². The summed E-state index contributed by atoms with van der Waals surface area (Å²) in [4.78, 5) is 91.6. The van der Waals surface area contributed by atoms with Gasteiger partial charge in [-0.05, 0) is 69.1 Å². The van der Waals surface area contributed by atoms with Gasteiger partial charge in [0.25, 0.3) is 0 Å². The van der Waals surface area contributed by atoms with Crippen molar-refractivity contribution in [1.82, 2.24) is 9.97 Å². The molecule has 56 heavy (non-hydrogen) atoms. The SMILES string of the molecule is CC.CC.CC.O=C([O-])c1cc2cc(C(=O)[O-])c(C(=O)[O-])cc2cc1C(=O)[O-].O=C([O-])c1ccc2cc(C(=O)[O-])ccc2c1.O=C([O-])c1cnc(C(=O)[O-])cn1. The Hall–Kier alpha value is -7.76. The van der Waals surface area contributed by atoms with Gasteiger partial charge in [-0.1, -0.05) is 65.8 Å². The van der Waals surface area contributed by atoms with Crippen LogP contribution in [0.2, 0.25) is 0 Å². The van der Waals surface area contributed by atoms with Gasteiger partial charge in [0.1, 0.15) is 11.4 Å². The van der Waals surface area contributed by atoms with Crippen LogP contribution < -0.4 is 40.9 Å². The van der Waals surface area contributed by atoms with Crippen molar-refractivity contribution in [3.8, 4) is 0 Å². The summed E-state index contributed by atoms with van der Waals surface area (Å²) in [7, 11) is 0. The van der Waals surface area contributed by atoms with E-state index in [0.29, 0.717) is 10.8 Å². The van der Waals surface area contributed by atoms with Crippen LogP contribution in [0, 0.1) is 0 Å². The van der Waals surface area contributed by atoms with Crippen molar-refractivity contribution in [2.24, 2.45) is 0 Å². The molecule has 5 rings (SSSR count). The maximum atomic E-state index is 10.9. The number of hydrogen-bond acceptors (Lipinski definition) is 18. The monoisotopic (exact) mass is 770 g/mol. The maximum Gasteiger partial charge on any atom is 0.104 e. The highest BCUT2D eigenvalue weighted by Crippen LogP contribution is 2.24. The average Bonchev–Trinajstić information content (AvgIpc) is 3.18. The van der Waals surface area contributed by atoms with Crippen molar-refractivity contribution in [1.29, 1.82) is 0 Å². The zero-order valence-electron chi connectivity index (χ0n) is 30.4. The molecule has 0 radical (unpaired) electrons. The largest absolute Gasteiger partial charge is 0.545 e. The third-order valence-electron chi connectivity index (χ3n) is 6.37. The number of aromatic nitrogens is 2. The van der Waals surface area contributed by atoms with Crippen molar-refractivity contribution in [3.05, 3.63) is 118 Å². The van der Waals surface area contributed by atoms with E-state index in [1.54, 1.807) is 0 Å². The van der Waals surface area contributed by atoms with E-state index in [1.807, 2.05) is 41.5 Å². The lowest BCUT2D eigenvalue weighted by molar-refractivity contribution is -0.259. The van der Waals surface area contributed by atoms with E-state index in [4.69, 9.17) is 0 Å². The number of fused-ring (bicyclic) bond motifs is 2. The Bertz CT molecular complexity index is 2020. The Morgan fingerprint density at radius 2 is 0.589 bits per heavy atom. The highest BCUT2D eigenvalue weighted by Gasteiger charge is 2.12. The number of carboxylic acids is 8. The molecular weight excluding hydrogens is 740 g/mol. The van der Waals surface area contributed by atoms with Crippen LogP contribution in [0.1, 0.15) is 125 Å². The van der Waals surface area contributed by atoms with E-state index < -0.39 is 81.4 Å². The number of aromatic carboxylic acids is 8. The normalized spacial score (nSPS) is 9.32. The third-order valence-corrected chi connectivity index (χ3v) is 6.37. The fourth-order valence-electron chi connectivity index (χ4n) is 4.06. The van der Waals surface area contributed by atoms with Crippen LogP contribution in [0.15, 0.2) is 73.1 Å². The van der Waals surface area contributed by atoms with E-state index in [-0.39, 0.29) is 21.9 Å². The van der Waals surface area contributed by atoms with Gasteiger partial charge >= 0.3 is 0 Å². The minimum absolute atomic E-state index is 0.0200. The van der Waals surface area contributed by atoms with Crippen LogP contribution in [0.25, 0.3) is 21.5 Å². The minimum atomic E-state index is -1.81. The molecule has 0 atom stereocenters. The van der Waals surface area contributed by atoms with Crippen LogP contribution in [0.4, 0.5) is 0 Å². The summed E-state index contributed by atoms with van der Waals surface area (Å²) in [6.45, 7) is 12.0. The molecule has 0 aliphatic heterocycles. The minimum Gasteiger partial charge on any atom is -0.545 e. The van der Waals surface area contributed by atoms with Gasteiger partial charge in [0.15, 0.2) is 0 Å². The summed E-state index contributed by atoms with van der Waals surface area (Å²) in [5.41, 5.74) is -3.60. The summed E-state index contributed by atoms with van der Waals surface area (Å²) in [5.74, 6) is -12.8. The van der Waals surface area contributed by atoms with E-state index >= 15 is 0 Å². The highest BCUT2D eigenvalue weighted by atomic mass is 16.4. The molecule has 0 aliphatic rings. The Kier molecular flexibility index (Phi) is 19.8. The van der Waals surface area contributed by atoms with Crippen molar-refractivity contribution >= 4 is 69.3 Å². The Labute approximate surface area is 317 Å². The lowest BCUT2D eigenvalue weighted by Crippen LogP contribution is -2.31. The van der Waals surface area contributed by atoms with Crippen molar-refractivity contribution in [2.45, 2.75) is 41.5 Å². The van der Waals surface area contributed by atoms with Crippen LogP contribution in [0.5, 0.6) is 0 Å². The van der Waals surface area contributed by atoms with Gasteiger partial charge in [0, 0.05) is 22.3 Å². The van der Waals surface area contributed by atoms with Gasteiger partial charge in [-0.25, -0.2) is 0 Å². The average molecular weight is 771 g/mol. The first-order chi connectivity index (χ1) is 26.4. The van der Waals surface area contributed by atoms with Gasteiger partial charge in [0.2, 0.25) is 0 Å². The molecule has 296 valence electrons. The molecule has 1 aromatic heterocycles. The zero-order valence-corrected chi connectivity index (χ0v) is 30.4. The molecule has 5 aromatic rings. The fourth-order valence-corrected chi connectivity index (χ4v) is 4.06. The molecule has 4 aromatic carbocycles. The number of benzene rings is 4. The van der Waals surface area contributed by atoms with Gasteiger partial charge in [-0.2, -0.15) is 0 Å². The Balaban J connectivity index is 0.000000786. The first kappa shape index (κ1) is 48.2. The number of carboxylic acid groups (broad SMARTS) is 8. The summed E-state index contributed by atoms with van der Waals surface area (Å²) in [5, 5.41) is 86.4. The lowest BCUT2D eigenvalue weighted by atomic mass is 9.96. The number of rotatable bonds is 8. The van der Waals surface area contributed by atoms with Gasteiger partial charge in [-0.3, -0.25) is 9.97 Å². The van der Waals surface area contributed by atoms with Crippen LogP contribution in [-0.2, 0) is 0 Å². The molecule has 18 nitrogen and oxygen atoms in total. The maximum absolute atomic E-state index is 10.9. The molecule has 0 spiro atoms. The number of hydrogen-bond donors (Lipinski definition) is 0. The summed E-state index contributed by atoms with van der Waals surface area (Å²) < 4.78 is 0. The van der Waals surface area contributed by atoms with Gasteiger partial charge in [0.05, 0.1) is 60.1 Å². The first-order valence-corrected chi connectivity index (χ1v) is 16.1. The Morgan fingerprint density at radius 1 is 0.339 bits per heavy atom. The van der Waals surface area contributed by atoms with Crippen LogP contribution in [-0.4, -0.2) is 57.7 Å². The van der Waals surface area contributed by atoms with Crippen molar-refractivity contribution in [2.75, 3.05) is 0 Å². The van der Waals surface area contributed by atoms with E-state index in [0.717, 1.165) is 36.7 Å². The third kappa shape index (κ3) is 13.3.